The fourth-order valence-corrected chi connectivity index (χ4v) is 2.10. The van der Waals surface area contributed by atoms with Gasteiger partial charge in [-0.25, -0.2) is 4.79 Å². The van der Waals surface area contributed by atoms with E-state index in [1.165, 1.54) is 4.90 Å². The zero-order valence-electron chi connectivity index (χ0n) is 13.7. The zero-order valence-corrected chi connectivity index (χ0v) is 14.5. The number of hydrogen-bond donors (Lipinski definition) is 3. The monoisotopic (exact) mass is 355 g/mol. The summed E-state index contributed by atoms with van der Waals surface area (Å²) >= 11 is 5.78. The van der Waals surface area contributed by atoms with E-state index >= 15 is 0 Å². The number of benzene rings is 1. The Morgan fingerprint density at radius 2 is 1.79 bits per heavy atom. The van der Waals surface area contributed by atoms with Crippen molar-refractivity contribution in [2.45, 2.75) is 20.4 Å². The summed E-state index contributed by atoms with van der Waals surface area (Å²) in [6.07, 6.45) is 0. The number of hydrogen-bond acceptors (Lipinski definition) is 3. The first-order chi connectivity index (χ1) is 11.3. The van der Waals surface area contributed by atoms with Crippen molar-refractivity contribution in [3.8, 4) is 0 Å². The van der Waals surface area contributed by atoms with E-state index in [0.717, 1.165) is 5.56 Å². The normalized spacial score (nSPS) is 10.3. The number of aliphatic carboxylic acids is 1. The Morgan fingerprint density at radius 1 is 1.17 bits per heavy atom. The topological polar surface area (TPSA) is 98.7 Å². The van der Waals surface area contributed by atoms with Crippen LogP contribution in [0.25, 0.3) is 0 Å². The van der Waals surface area contributed by atoms with Crippen LogP contribution in [0.1, 0.15) is 19.4 Å². The number of carboxylic acid groups (broad SMARTS) is 1. The van der Waals surface area contributed by atoms with E-state index in [1.54, 1.807) is 24.3 Å². The Morgan fingerprint density at radius 3 is 2.33 bits per heavy atom. The maximum absolute atomic E-state index is 12.0. The molecule has 3 amide bonds. The first-order valence-corrected chi connectivity index (χ1v) is 7.91. The third-order valence-corrected chi connectivity index (χ3v) is 3.28. The quantitative estimate of drug-likeness (QED) is 0.661. The van der Waals surface area contributed by atoms with Crippen molar-refractivity contribution in [2.24, 2.45) is 5.92 Å². The molecule has 0 saturated heterocycles. The molecule has 1 aromatic rings. The molecule has 0 bridgehead atoms. The molecule has 0 aliphatic rings. The van der Waals surface area contributed by atoms with Crippen molar-refractivity contribution >= 4 is 29.5 Å². The van der Waals surface area contributed by atoms with Gasteiger partial charge in [-0.15, -0.1) is 0 Å². The van der Waals surface area contributed by atoms with Crippen LogP contribution in [0, 0.1) is 5.92 Å². The highest BCUT2D eigenvalue weighted by Crippen LogP contribution is 2.09. The first-order valence-electron chi connectivity index (χ1n) is 7.53. The Kier molecular flexibility index (Phi) is 8.05. The van der Waals surface area contributed by atoms with Gasteiger partial charge in [0.25, 0.3) is 0 Å². The minimum Gasteiger partial charge on any atom is -0.480 e. The molecule has 0 atom stereocenters. The molecular weight excluding hydrogens is 334 g/mol. The molecule has 0 aromatic heterocycles. The van der Waals surface area contributed by atoms with Crippen molar-refractivity contribution in [1.29, 1.82) is 0 Å². The third kappa shape index (κ3) is 7.82. The molecule has 0 fully saturated rings. The molecule has 1 rings (SSSR count). The lowest BCUT2D eigenvalue weighted by molar-refractivity contribution is -0.144. The van der Waals surface area contributed by atoms with E-state index in [9.17, 15) is 14.4 Å². The highest BCUT2D eigenvalue weighted by molar-refractivity contribution is 6.30. The fraction of sp³-hybridized carbons (Fsp3) is 0.438. The lowest BCUT2D eigenvalue weighted by Crippen LogP contribution is -2.46. The predicted molar refractivity (Wildman–Crippen MR) is 90.7 cm³/mol. The molecule has 0 heterocycles. The number of nitrogens with one attached hydrogen (secondary N) is 2. The summed E-state index contributed by atoms with van der Waals surface area (Å²) in [5.74, 6) is -1.39. The van der Waals surface area contributed by atoms with Crippen molar-refractivity contribution in [3.05, 3.63) is 34.9 Å². The first kappa shape index (κ1) is 19.8. The average molecular weight is 356 g/mol. The second kappa shape index (κ2) is 9.77. The van der Waals surface area contributed by atoms with Gasteiger partial charge in [0.05, 0.1) is 6.54 Å². The Labute approximate surface area is 146 Å². The average Bonchev–Trinajstić information content (AvgIpc) is 2.50. The van der Waals surface area contributed by atoms with Crippen molar-refractivity contribution in [1.82, 2.24) is 15.5 Å². The van der Waals surface area contributed by atoms with Crippen molar-refractivity contribution < 1.29 is 19.5 Å². The predicted octanol–water partition coefficient (Wildman–Crippen LogP) is 1.71. The smallest absolute Gasteiger partial charge is 0.323 e. The number of rotatable bonds is 8. The highest BCUT2D eigenvalue weighted by Gasteiger charge is 2.18. The summed E-state index contributed by atoms with van der Waals surface area (Å²) in [5, 5.41) is 14.5. The van der Waals surface area contributed by atoms with Crippen LogP contribution in [0.5, 0.6) is 0 Å². The minimum absolute atomic E-state index is 0.132. The Hall–Kier alpha value is -2.28. The zero-order chi connectivity index (χ0) is 18.1. The van der Waals surface area contributed by atoms with Crippen LogP contribution in [-0.4, -0.2) is 47.5 Å². The molecule has 0 radical (unpaired) electrons. The van der Waals surface area contributed by atoms with Gasteiger partial charge in [0.1, 0.15) is 6.54 Å². The minimum atomic E-state index is -1.09. The van der Waals surface area contributed by atoms with Crippen LogP contribution in [0.15, 0.2) is 24.3 Å². The number of halogens is 1. The lowest BCUT2D eigenvalue weighted by atomic mass is 10.2. The van der Waals surface area contributed by atoms with Crippen molar-refractivity contribution in [3.63, 3.8) is 0 Å². The van der Waals surface area contributed by atoms with Crippen molar-refractivity contribution in [2.75, 3.05) is 19.6 Å². The third-order valence-electron chi connectivity index (χ3n) is 3.03. The molecule has 132 valence electrons. The van der Waals surface area contributed by atoms with E-state index in [4.69, 9.17) is 16.7 Å². The molecule has 8 heteroatoms. The summed E-state index contributed by atoms with van der Waals surface area (Å²) in [4.78, 5) is 35.8. The molecule has 0 aliphatic carbocycles. The van der Waals surface area contributed by atoms with E-state index in [0.29, 0.717) is 18.1 Å². The van der Waals surface area contributed by atoms with Gasteiger partial charge in [0, 0.05) is 18.1 Å². The highest BCUT2D eigenvalue weighted by atomic mass is 35.5. The number of amides is 3. The molecule has 1 aromatic carbocycles. The fourth-order valence-electron chi connectivity index (χ4n) is 1.97. The standard InChI is InChI=1S/C16H22ClN3O4/c1-11(2)9-20(10-15(22)23)14(21)8-19-16(24)18-7-12-3-5-13(17)6-4-12/h3-6,11H,7-10H2,1-2H3,(H,22,23)(H2,18,19,24). The number of carbonyl (C=O) groups excluding carboxylic acids is 2. The van der Waals surface area contributed by atoms with Gasteiger partial charge < -0.3 is 20.6 Å². The lowest BCUT2D eigenvalue weighted by Gasteiger charge is -2.22. The van der Waals surface area contributed by atoms with Crippen LogP contribution in [-0.2, 0) is 16.1 Å². The van der Waals surface area contributed by atoms with E-state index in [1.807, 2.05) is 13.8 Å². The maximum atomic E-state index is 12.0. The van der Waals surface area contributed by atoms with Crippen LogP contribution in [0.2, 0.25) is 5.02 Å². The molecule has 0 spiro atoms. The Bertz CT molecular complexity index is 575. The number of carbonyl (C=O) groups is 3. The molecule has 7 nitrogen and oxygen atoms in total. The second-order valence-electron chi connectivity index (χ2n) is 5.72. The summed E-state index contributed by atoms with van der Waals surface area (Å²) in [5.41, 5.74) is 0.869. The van der Waals surface area contributed by atoms with Gasteiger partial charge in [-0.3, -0.25) is 9.59 Å². The number of nitrogens with zero attached hydrogens (tertiary/aromatic N) is 1. The number of urea groups is 1. The van der Waals surface area contributed by atoms with E-state index in [-0.39, 0.29) is 19.0 Å². The van der Waals surface area contributed by atoms with Gasteiger partial charge in [0.15, 0.2) is 0 Å². The summed E-state index contributed by atoms with van der Waals surface area (Å²) < 4.78 is 0. The van der Waals surface area contributed by atoms with Crippen LogP contribution in [0.4, 0.5) is 4.79 Å². The van der Waals surface area contributed by atoms with Gasteiger partial charge >= 0.3 is 12.0 Å². The largest absolute Gasteiger partial charge is 0.480 e. The molecule has 0 aliphatic heterocycles. The number of carboxylic acids is 1. The van der Waals surface area contributed by atoms with Gasteiger partial charge in [0.2, 0.25) is 5.91 Å². The molecule has 3 N–H and O–H groups in total. The Balaban J connectivity index is 2.41. The van der Waals surface area contributed by atoms with Gasteiger partial charge in [-0.1, -0.05) is 37.6 Å². The summed E-state index contributed by atoms with van der Waals surface area (Å²) in [7, 11) is 0. The van der Waals surface area contributed by atoms with E-state index in [2.05, 4.69) is 10.6 Å². The van der Waals surface area contributed by atoms with Crippen LogP contribution >= 0.6 is 11.6 Å². The van der Waals surface area contributed by atoms with Crippen LogP contribution in [0.3, 0.4) is 0 Å². The molecular formula is C16H22ClN3O4. The van der Waals surface area contributed by atoms with Gasteiger partial charge in [-0.2, -0.15) is 0 Å². The SMILES string of the molecule is CC(C)CN(CC(=O)O)C(=O)CNC(=O)NCc1ccc(Cl)cc1. The second-order valence-corrected chi connectivity index (χ2v) is 6.16. The van der Waals surface area contributed by atoms with Gasteiger partial charge in [-0.05, 0) is 23.6 Å². The molecule has 0 saturated carbocycles. The van der Waals surface area contributed by atoms with E-state index < -0.39 is 17.9 Å². The molecule has 0 unspecified atom stereocenters. The maximum Gasteiger partial charge on any atom is 0.323 e. The molecule has 24 heavy (non-hydrogen) atoms. The summed E-state index contributed by atoms with van der Waals surface area (Å²) in [6.45, 7) is 3.74. The summed E-state index contributed by atoms with van der Waals surface area (Å²) in [6, 6.07) is 6.50. The van der Waals surface area contributed by atoms with Crippen LogP contribution < -0.4 is 10.6 Å².